The van der Waals surface area contributed by atoms with E-state index in [1.165, 1.54) is 5.56 Å². The van der Waals surface area contributed by atoms with Crippen LogP contribution < -0.4 is 0 Å². The predicted molar refractivity (Wildman–Crippen MR) is 96.3 cm³/mol. The van der Waals surface area contributed by atoms with Crippen molar-refractivity contribution in [3.05, 3.63) is 52.6 Å². The highest BCUT2D eigenvalue weighted by molar-refractivity contribution is 5.95. The molecule has 128 valence electrons. The average Bonchev–Trinajstić information content (AvgIpc) is 2.87. The minimum absolute atomic E-state index is 0.0737. The Hall–Kier alpha value is -2.10. The summed E-state index contributed by atoms with van der Waals surface area (Å²) in [7, 11) is 1.91. The fraction of sp³-hybridized carbons (Fsp3) is 0.500. The topological polar surface area (TPSA) is 38.1 Å². The van der Waals surface area contributed by atoms with Crippen LogP contribution in [0.3, 0.4) is 0 Å². The van der Waals surface area contributed by atoms with Crippen LogP contribution in [0.5, 0.6) is 0 Å². The minimum atomic E-state index is 0.0737. The monoisotopic (exact) mass is 325 g/mol. The first-order valence-electron chi connectivity index (χ1n) is 8.81. The van der Waals surface area contributed by atoms with E-state index >= 15 is 0 Å². The normalized spacial score (nSPS) is 17.0. The third kappa shape index (κ3) is 2.74. The zero-order chi connectivity index (χ0) is 17.4. The summed E-state index contributed by atoms with van der Waals surface area (Å²) < 4.78 is 2.23. The van der Waals surface area contributed by atoms with E-state index in [4.69, 9.17) is 0 Å². The molecule has 0 aliphatic heterocycles. The van der Waals surface area contributed by atoms with E-state index in [0.29, 0.717) is 6.04 Å². The van der Waals surface area contributed by atoms with E-state index in [9.17, 15) is 4.79 Å². The third-order valence-corrected chi connectivity index (χ3v) is 5.18. The standard InChI is InChI=1S/C20H27N3O/c1-13(2)23-14(3)12-17(15(23)4)20(24)22(5)18-10-6-8-16-9-7-11-21-19(16)18/h7,9,11-13,18H,6,8,10H2,1-5H3/t18-/m1/s1. The largest absolute Gasteiger partial charge is 0.346 e. The maximum Gasteiger partial charge on any atom is 0.255 e. The van der Waals surface area contributed by atoms with Gasteiger partial charge in [0.25, 0.3) is 5.91 Å². The SMILES string of the molecule is Cc1cc(C(=O)N(C)[C@@H]2CCCc3cccnc32)c(C)n1C(C)C. The smallest absolute Gasteiger partial charge is 0.255 e. The van der Waals surface area contributed by atoms with Crippen LogP contribution in [0.4, 0.5) is 0 Å². The summed E-state index contributed by atoms with van der Waals surface area (Å²) in [6, 6.07) is 6.58. The van der Waals surface area contributed by atoms with Crippen LogP contribution in [0.15, 0.2) is 24.4 Å². The number of amides is 1. The summed E-state index contributed by atoms with van der Waals surface area (Å²) in [5.41, 5.74) is 5.35. The van der Waals surface area contributed by atoms with Gasteiger partial charge in [-0.3, -0.25) is 9.78 Å². The molecule has 1 aliphatic rings. The van der Waals surface area contributed by atoms with E-state index in [1.807, 2.05) is 37.2 Å². The molecule has 2 aromatic heterocycles. The Labute approximate surface area is 144 Å². The second kappa shape index (κ2) is 6.42. The van der Waals surface area contributed by atoms with Gasteiger partial charge in [-0.1, -0.05) is 6.07 Å². The van der Waals surface area contributed by atoms with E-state index in [-0.39, 0.29) is 11.9 Å². The Bertz CT molecular complexity index is 760. The molecule has 3 rings (SSSR count). The van der Waals surface area contributed by atoms with E-state index in [1.54, 1.807) is 0 Å². The zero-order valence-corrected chi connectivity index (χ0v) is 15.3. The first-order chi connectivity index (χ1) is 11.4. The molecule has 4 nitrogen and oxygen atoms in total. The molecular weight excluding hydrogens is 298 g/mol. The molecule has 2 aromatic rings. The van der Waals surface area contributed by atoms with Gasteiger partial charge in [0.2, 0.25) is 0 Å². The number of nitrogens with zero attached hydrogens (tertiary/aromatic N) is 3. The predicted octanol–water partition coefficient (Wildman–Crippen LogP) is 4.23. The number of aryl methyl sites for hydroxylation is 2. The highest BCUT2D eigenvalue weighted by Gasteiger charge is 2.30. The first-order valence-corrected chi connectivity index (χ1v) is 8.81. The lowest BCUT2D eigenvalue weighted by atomic mass is 9.91. The lowest BCUT2D eigenvalue weighted by molar-refractivity contribution is 0.0710. The van der Waals surface area contributed by atoms with Crippen molar-refractivity contribution in [3.63, 3.8) is 0 Å². The summed E-state index contributed by atoms with van der Waals surface area (Å²) in [4.78, 5) is 19.6. The number of aromatic nitrogens is 2. The molecule has 0 spiro atoms. The molecule has 0 unspecified atom stereocenters. The Balaban J connectivity index is 1.93. The number of rotatable bonds is 3. The van der Waals surface area contributed by atoms with Gasteiger partial charge in [-0.2, -0.15) is 0 Å². The van der Waals surface area contributed by atoms with E-state index < -0.39 is 0 Å². The van der Waals surface area contributed by atoms with Gasteiger partial charge in [-0.15, -0.1) is 0 Å². The summed E-state index contributed by atoms with van der Waals surface area (Å²) in [6.07, 6.45) is 4.98. The quantitative estimate of drug-likeness (QED) is 0.847. The van der Waals surface area contributed by atoms with Crippen molar-refractivity contribution in [2.45, 2.75) is 59.0 Å². The second-order valence-corrected chi connectivity index (χ2v) is 7.12. The summed E-state index contributed by atoms with van der Waals surface area (Å²) in [6.45, 7) is 8.42. The molecule has 0 saturated heterocycles. The first kappa shape index (κ1) is 16.7. The molecule has 0 fully saturated rings. The molecular formula is C20H27N3O. The average molecular weight is 325 g/mol. The van der Waals surface area contributed by atoms with E-state index in [2.05, 4.69) is 36.4 Å². The van der Waals surface area contributed by atoms with Crippen LogP contribution in [-0.4, -0.2) is 27.4 Å². The van der Waals surface area contributed by atoms with Crippen LogP contribution in [0.1, 0.15) is 71.8 Å². The molecule has 1 amide bonds. The fourth-order valence-electron chi connectivity index (χ4n) is 4.08. The Kier molecular flexibility index (Phi) is 4.48. The number of pyridine rings is 1. The summed E-state index contributed by atoms with van der Waals surface area (Å²) in [5, 5.41) is 0. The highest BCUT2D eigenvalue weighted by Crippen LogP contribution is 2.33. The maximum absolute atomic E-state index is 13.1. The summed E-state index contributed by atoms with van der Waals surface area (Å²) in [5.74, 6) is 0.0958. The van der Waals surface area contributed by atoms with Gasteiger partial charge in [-0.25, -0.2) is 0 Å². The minimum Gasteiger partial charge on any atom is -0.346 e. The van der Waals surface area contributed by atoms with E-state index in [0.717, 1.165) is 41.9 Å². The maximum atomic E-state index is 13.1. The Morgan fingerprint density at radius 3 is 2.79 bits per heavy atom. The molecule has 0 bridgehead atoms. The van der Waals surface area contributed by atoms with Gasteiger partial charge >= 0.3 is 0 Å². The van der Waals surface area contributed by atoms with Gasteiger partial charge in [-0.05, 0) is 64.7 Å². The van der Waals surface area contributed by atoms with Crippen molar-refractivity contribution < 1.29 is 4.79 Å². The van der Waals surface area contributed by atoms with Crippen LogP contribution in [0.25, 0.3) is 0 Å². The van der Waals surface area contributed by atoms with Crippen molar-refractivity contribution in [2.24, 2.45) is 0 Å². The number of hydrogen-bond acceptors (Lipinski definition) is 2. The van der Waals surface area contributed by atoms with Crippen LogP contribution in [0, 0.1) is 13.8 Å². The van der Waals surface area contributed by atoms with Gasteiger partial charge in [0, 0.05) is 30.7 Å². The Morgan fingerprint density at radius 2 is 2.12 bits per heavy atom. The molecule has 24 heavy (non-hydrogen) atoms. The second-order valence-electron chi connectivity index (χ2n) is 7.12. The van der Waals surface area contributed by atoms with Gasteiger partial charge in [0.15, 0.2) is 0 Å². The van der Waals surface area contributed by atoms with Crippen molar-refractivity contribution in [2.75, 3.05) is 7.05 Å². The molecule has 0 radical (unpaired) electrons. The van der Waals surface area contributed by atoms with Crippen LogP contribution in [0.2, 0.25) is 0 Å². The number of hydrogen-bond donors (Lipinski definition) is 0. The van der Waals surface area contributed by atoms with Gasteiger partial charge < -0.3 is 9.47 Å². The van der Waals surface area contributed by atoms with Crippen LogP contribution in [-0.2, 0) is 6.42 Å². The molecule has 2 heterocycles. The van der Waals surface area contributed by atoms with Crippen molar-refractivity contribution in [3.8, 4) is 0 Å². The van der Waals surface area contributed by atoms with Crippen LogP contribution >= 0.6 is 0 Å². The molecule has 0 aromatic carbocycles. The molecule has 4 heteroatoms. The highest BCUT2D eigenvalue weighted by atomic mass is 16.2. The van der Waals surface area contributed by atoms with Crippen molar-refractivity contribution >= 4 is 5.91 Å². The number of carbonyl (C=O) groups is 1. The molecule has 0 saturated carbocycles. The fourth-order valence-corrected chi connectivity index (χ4v) is 4.08. The van der Waals surface area contributed by atoms with Gasteiger partial charge in [0.05, 0.1) is 17.3 Å². The lowest BCUT2D eigenvalue weighted by Crippen LogP contribution is -2.34. The number of carbonyl (C=O) groups excluding carboxylic acids is 1. The molecule has 1 aliphatic carbocycles. The Morgan fingerprint density at radius 1 is 1.38 bits per heavy atom. The zero-order valence-electron chi connectivity index (χ0n) is 15.3. The molecule has 1 atom stereocenters. The van der Waals surface area contributed by atoms with Gasteiger partial charge in [0.1, 0.15) is 0 Å². The third-order valence-electron chi connectivity index (χ3n) is 5.18. The van der Waals surface area contributed by atoms with Crippen molar-refractivity contribution in [1.82, 2.24) is 14.5 Å². The molecule has 0 N–H and O–H groups in total. The van der Waals surface area contributed by atoms with Crippen molar-refractivity contribution in [1.29, 1.82) is 0 Å². The lowest BCUT2D eigenvalue weighted by Gasteiger charge is -2.32. The summed E-state index contributed by atoms with van der Waals surface area (Å²) >= 11 is 0. The number of fused-ring (bicyclic) bond motifs is 1.